The Hall–Kier alpha value is -2.31. The summed E-state index contributed by atoms with van der Waals surface area (Å²) in [7, 11) is 0. The Labute approximate surface area is 110 Å². The Morgan fingerprint density at radius 1 is 1.37 bits per heavy atom. The van der Waals surface area contributed by atoms with Gasteiger partial charge >= 0.3 is 5.97 Å². The minimum atomic E-state index is -0.521. The highest BCUT2D eigenvalue weighted by Gasteiger charge is 2.18. The molecule has 0 aliphatic heterocycles. The standard InChI is InChI=1S/C12H17N5O2/c1-12(2,3)19-8(18)6-17-5-4-7-9(13)15-11(14)16-10(7)17/h4-5H,6H2,1-3H3,(H4,13,14,15,16). The van der Waals surface area contributed by atoms with Gasteiger partial charge in [0.1, 0.15) is 23.6 Å². The van der Waals surface area contributed by atoms with E-state index in [0.29, 0.717) is 16.9 Å². The fourth-order valence-corrected chi connectivity index (χ4v) is 1.75. The number of fused-ring (bicyclic) bond motifs is 1. The van der Waals surface area contributed by atoms with Crippen LogP contribution in [0.4, 0.5) is 11.8 Å². The fraction of sp³-hybridized carbons (Fsp3) is 0.417. The molecule has 2 rings (SSSR count). The molecule has 2 heterocycles. The van der Waals surface area contributed by atoms with Crippen molar-refractivity contribution in [2.45, 2.75) is 32.9 Å². The van der Waals surface area contributed by atoms with E-state index in [1.54, 1.807) is 16.8 Å². The van der Waals surface area contributed by atoms with Crippen molar-refractivity contribution in [3.05, 3.63) is 12.3 Å². The quantitative estimate of drug-likeness (QED) is 0.780. The molecule has 19 heavy (non-hydrogen) atoms. The number of ether oxygens (including phenoxy) is 1. The van der Waals surface area contributed by atoms with Crippen LogP contribution in [0.15, 0.2) is 12.3 Å². The van der Waals surface area contributed by atoms with Crippen molar-refractivity contribution in [3.63, 3.8) is 0 Å². The molecule has 7 nitrogen and oxygen atoms in total. The first-order valence-corrected chi connectivity index (χ1v) is 5.86. The number of nitrogens with two attached hydrogens (primary N) is 2. The number of carbonyl (C=O) groups is 1. The number of hydrogen-bond donors (Lipinski definition) is 2. The van der Waals surface area contributed by atoms with Crippen molar-refractivity contribution in [3.8, 4) is 0 Å². The van der Waals surface area contributed by atoms with Gasteiger partial charge in [0.15, 0.2) is 0 Å². The molecule has 2 aromatic heterocycles. The maximum atomic E-state index is 11.8. The van der Waals surface area contributed by atoms with Gasteiger partial charge in [0, 0.05) is 6.20 Å². The third-order valence-corrected chi connectivity index (χ3v) is 2.38. The lowest BCUT2D eigenvalue weighted by atomic mass is 10.2. The van der Waals surface area contributed by atoms with E-state index < -0.39 is 5.60 Å². The summed E-state index contributed by atoms with van der Waals surface area (Å²) in [4.78, 5) is 19.7. The maximum absolute atomic E-state index is 11.8. The molecule has 7 heteroatoms. The maximum Gasteiger partial charge on any atom is 0.326 e. The molecule has 0 spiro atoms. The first-order valence-electron chi connectivity index (χ1n) is 5.86. The first kappa shape index (κ1) is 13.1. The van der Waals surface area contributed by atoms with Gasteiger partial charge in [-0.2, -0.15) is 9.97 Å². The van der Waals surface area contributed by atoms with Gasteiger partial charge in [0.05, 0.1) is 5.39 Å². The minimum absolute atomic E-state index is 0.0522. The highest BCUT2D eigenvalue weighted by molar-refractivity contribution is 5.88. The van der Waals surface area contributed by atoms with E-state index in [-0.39, 0.29) is 18.5 Å². The molecule has 0 aliphatic rings. The van der Waals surface area contributed by atoms with Gasteiger partial charge in [-0.25, -0.2) is 0 Å². The number of hydrogen-bond acceptors (Lipinski definition) is 6. The number of rotatable bonds is 2. The first-order chi connectivity index (χ1) is 8.76. The van der Waals surface area contributed by atoms with Crippen molar-refractivity contribution in [2.75, 3.05) is 11.5 Å². The second-order valence-electron chi connectivity index (χ2n) is 5.23. The normalized spacial score (nSPS) is 11.7. The van der Waals surface area contributed by atoms with Crippen molar-refractivity contribution in [2.24, 2.45) is 0 Å². The molecule has 0 bridgehead atoms. The number of carbonyl (C=O) groups excluding carboxylic acids is 1. The number of aromatic nitrogens is 3. The smallest absolute Gasteiger partial charge is 0.326 e. The van der Waals surface area contributed by atoms with Crippen LogP contribution in [0.3, 0.4) is 0 Å². The summed E-state index contributed by atoms with van der Waals surface area (Å²) < 4.78 is 6.89. The van der Waals surface area contributed by atoms with Crippen molar-refractivity contribution >= 4 is 28.8 Å². The van der Waals surface area contributed by atoms with Gasteiger partial charge in [-0.15, -0.1) is 0 Å². The van der Waals surface area contributed by atoms with Crippen LogP contribution in [-0.2, 0) is 16.1 Å². The van der Waals surface area contributed by atoms with E-state index >= 15 is 0 Å². The monoisotopic (exact) mass is 263 g/mol. The average Bonchev–Trinajstić information content (AvgIpc) is 2.58. The van der Waals surface area contributed by atoms with Gasteiger partial charge in [-0.1, -0.05) is 0 Å². The lowest BCUT2D eigenvalue weighted by molar-refractivity contribution is -0.155. The molecule has 0 unspecified atom stereocenters. The van der Waals surface area contributed by atoms with Gasteiger partial charge in [-0.05, 0) is 26.8 Å². The van der Waals surface area contributed by atoms with Crippen molar-refractivity contribution < 1.29 is 9.53 Å². The molecule has 0 saturated carbocycles. The Morgan fingerprint density at radius 2 is 2.05 bits per heavy atom. The van der Waals surface area contributed by atoms with E-state index in [9.17, 15) is 4.79 Å². The molecular formula is C12H17N5O2. The van der Waals surface area contributed by atoms with Gasteiger partial charge in [0.25, 0.3) is 0 Å². The van der Waals surface area contributed by atoms with E-state index in [1.165, 1.54) is 0 Å². The van der Waals surface area contributed by atoms with E-state index in [1.807, 2.05) is 20.8 Å². The second-order valence-corrected chi connectivity index (χ2v) is 5.23. The fourth-order valence-electron chi connectivity index (χ4n) is 1.75. The van der Waals surface area contributed by atoms with Crippen LogP contribution >= 0.6 is 0 Å². The van der Waals surface area contributed by atoms with E-state index in [2.05, 4.69) is 9.97 Å². The van der Waals surface area contributed by atoms with Crippen LogP contribution in [0.1, 0.15) is 20.8 Å². The van der Waals surface area contributed by atoms with Crippen molar-refractivity contribution in [1.29, 1.82) is 0 Å². The number of nitrogens with zero attached hydrogens (tertiary/aromatic N) is 3. The van der Waals surface area contributed by atoms with Crippen molar-refractivity contribution in [1.82, 2.24) is 14.5 Å². The molecule has 0 radical (unpaired) electrons. The summed E-state index contributed by atoms with van der Waals surface area (Å²) in [6.07, 6.45) is 1.71. The summed E-state index contributed by atoms with van der Waals surface area (Å²) in [6, 6.07) is 1.74. The Bertz CT molecular complexity index is 627. The molecule has 0 atom stereocenters. The summed E-state index contributed by atoms with van der Waals surface area (Å²) in [5, 5.41) is 0.665. The highest BCUT2D eigenvalue weighted by Crippen LogP contribution is 2.20. The largest absolute Gasteiger partial charge is 0.459 e. The second kappa shape index (κ2) is 4.42. The van der Waals surface area contributed by atoms with Gasteiger partial charge in [0.2, 0.25) is 5.95 Å². The topological polar surface area (TPSA) is 109 Å². The Morgan fingerprint density at radius 3 is 2.68 bits per heavy atom. The summed E-state index contributed by atoms with van der Waals surface area (Å²) in [6.45, 7) is 5.50. The molecule has 0 aromatic carbocycles. The Kier molecular flexibility index (Phi) is 3.05. The number of esters is 1. The summed E-state index contributed by atoms with van der Waals surface area (Å²) in [5.41, 5.74) is 11.3. The minimum Gasteiger partial charge on any atom is -0.459 e. The predicted molar refractivity (Wildman–Crippen MR) is 72.2 cm³/mol. The number of anilines is 2. The lowest BCUT2D eigenvalue weighted by Gasteiger charge is -2.19. The van der Waals surface area contributed by atoms with Gasteiger partial charge < -0.3 is 20.8 Å². The van der Waals surface area contributed by atoms with Crippen LogP contribution in [0.25, 0.3) is 11.0 Å². The summed E-state index contributed by atoms with van der Waals surface area (Å²) >= 11 is 0. The van der Waals surface area contributed by atoms with E-state index in [0.717, 1.165) is 0 Å². The SMILES string of the molecule is CC(C)(C)OC(=O)Cn1ccc2c(N)nc(N)nc21. The average molecular weight is 263 g/mol. The zero-order valence-electron chi connectivity index (χ0n) is 11.2. The predicted octanol–water partition coefficient (Wildman–Crippen LogP) is 0.937. The molecule has 0 fully saturated rings. The third kappa shape index (κ3) is 2.93. The van der Waals surface area contributed by atoms with Crippen LogP contribution in [0.5, 0.6) is 0 Å². The van der Waals surface area contributed by atoms with Gasteiger partial charge in [-0.3, -0.25) is 4.79 Å². The van der Waals surface area contributed by atoms with Crippen LogP contribution in [0.2, 0.25) is 0 Å². The number of nitrogen functional groups attached to an aromatic ring is 2. The molecule has 0 amide bonds. The molecule has 102 valence electrons. The molecule has 0 saturated heterocycles. The molecule has 2 aromatic rings. The Balaban J connectivity index is 2.29. The zero-order chi connectivity index (χ0) is 14.2. The molecular weight excluding hydrogens is 246 g/mol. The highest BCUT2D eigenvalue weighted by atomic mass is 16.6. The summed E-state index contributed by atoms with van der Waals surface area (Å²) in [5.74, 6) is 0.0281. The van der Waals surface area contributed by atoms with Crippen LogP contribution in [-0.4, -0.2) is 26.1 Å². The third-order valence-electron chi connectivity index (χ3n) is 2.38. The molecule has 4 N–H and O–H groups in total. The zero-order valence-corrected chi connectivity index (χ0v) is 11.2. The van der Waals surface area contributed by atoms with Crippen LogP contribution < -0.4 is 11.5 Å². The van der Waals surface area contributed by atoms with Crippen LogP contribution in [0, 0.1) is 0 Å². The van der Waals surface area contributed by atoms with E-state index in [4.69, 9.17) is 16.2 Å². The molecule has 0 aliphatic carbocycles. The lowest BCUT2D eigenvalue weighted by Crippen LogP contribution is -2.26.